The molecule has 3 heterocycles. The number of aromatic hydroxyl groups is 1. The van der Waals surface area contributed by atoms with Gasteiger partial charge in [-0.15, -0.1) is 0 Å². The lowest BCUT2D eigenvalue weighted by Crippen LogP contribution is -2.46. The van der Waals surface area contributed by atoms with E-state index in [1.165, 1.54) is 0 Å². The zero-order valence-corrected chi connectivity index (χ0v) is 21.4. The molecule has 1 aliphatic heterocycles. The van der Waals surface area contributed by atoms with E-state index < -0.39 is 0 Å². The molecule has 3 N–H and O–H groups in total. The first kappa shape index (κ1) is 25.1. The average Bonchev–Trinajstić information content (AvgIpc) is 3.38. The van der Waals surface area contributed by atoms with Crippen molar-refractivity contribution in [3.05, 3.63) is 59.3 Å². The number of carbonyl (C=O) groups is 1. The summed E-state index contributed by atoms with van der Waals surface area (Å²) in [5.74, 6) is 1.66. The van der Waals surface area contributed by atoms with E-state index in [4.69, 9.17) is 19.2 Å². The minimum Gasteiger partial charge on any atom is -0.508 e. The Morgan fingerprint density at radius 1 is 0.974 bits per heavy atom. The number of hydrogen-bond donors (Lipinski definition) is 3. The van der Waals surface area contributed by atoms with Gasteiger partial charge in [0.15, 0.2) is 17.1 Å². The minimum absolute atomic E-state index is 0.0808. The van der Waals surface area contributed by atoms with E-state index in [9.17, 15) is 9.90 Å². The molecule has 0 saturated carbocycles. The third kappa shape index (κ3) is 4.85. The predicted octanol–water partition coefficient (Wildman–Crippen LogP) is 3.57. The predicted molar refractivity (Wildman–Crippen MR) is 145 cm³/mol. The lowest BCUT2D eigenvalue weighted by atomic mass is 10.0. The quantitative estimate of drug-likeness (QED) is 0.342. The molecule has 0 bridgehead atoms. The fourth-order valence-corrected chi connectivity index (χ4v) is 4.53. The molecule has 4 aromatic rings. The third-order valence-corrected chi connectivity index (χ3v) is 6.48. The first-order valence-electron chi connectivity index (χ1n) is 12.2. The van der Waals surface area contributed by atoms with Crippen LogP contribution in [0.1, 0.15) is 21.6 Å². The topological polar surface area (TPSA) is 122 Å². The number of phenolic OH excluding ortho intramolecular Hbond substituents is 1. The second-order valence-corrected chi connectivity index (χ2v) is 8.77. The molecule has 5 rings (SSSR count). The normalized spacial score (nSPS) is 13.7. The van der Waals surface area contributed by atoms with Gasteiger partial charge in [0.05, 0.1) is 43.7 Å². The van der Waals surface area contributed by atoms with Gasteiger partial charge in [-0.05, 0) is 54.1 Å². The zero-order chi connectivity index (χ0) is 26.6. The highest BCUT2D eigenvalue weighted by Crippen LogP contribution is 2.39. The largest absolute Gasteiger partial charge is 0.508 e. The van der Waals surface area contributed by atoms with Crippen molar-refractivity contribution in [1.29, 1.82) is 0 Å². The van der Waals surface area contributed by atoms with E-state index in [2.05, 4.69) is 15.5 Å². The molecule has 0 atom stereocenters. The van der Waals surface area contributed by atoms with E-state index in [1.807, 2.05) is 29.2 Å². The lowest BCUT2D eigenvalue weighted by Gasteiger charge is -2.27. The smallest absolute Gasteiger partial charge is 0.254 e. The molecule has 10 heteroatoms. The molecule has 0 spiro atoms. The maximum Gasteiger partial charge on any atom is 0.254 e. The van der Waals surface area contributed by atoms with Gasteiger partial charge in [0.2, 0.25) is 5.75 Å². The number of pyridine rings is 1. The van der Waals surface area contributed by atoms with Crippen LogP contribution in [0.4, 0.5) is 0 Å². The number of phenols is 1. The van der Waals surface area contributed by atoms with Crippen molar-refractivity contribution >= 4 is 29.1 Å². The number of aromatic nitrogens is 3. The van der Waals surface area contributed by atoms with E-state index in [0.29, 0.717) is 58.3 Å². The molecule has 2 aromatic heterocycles. The van der Waals surface area contributed by atoms with Crippen molar-refractivity contribution in [3.8, 4) is 34.3 Å². The van der Waals surface area contributed by atoms with E-state index in [0.717, 1.165) is 24.2 Å². The number of hydrogen-bond acceptors (Lipinski definition) is 8. The molecular formula is C28H29N5O5. The van der Waals surface area contributed by atoms with Gasteiger partial charge >= 0.3 is 0 Å². The van der Waals surface area contributed by atoms with Crippen molar-refractivity contribution < 1.29 is 24.1 Å². The number of methoxy groups -OCH3 is 3. The molecule has 1 fully saturated rings. The number of rotatable bonds is 7. The molecule has 196 valence electrons. The summed E-state index contributed by atoms with van der Waals surface area (Å²) in [6.45, 7) is 2.71. The Morgan fingerprint density at radius 2 is 1.66 bits per heavy atom. The molecule has 1 amide bonds. The first-order chi connectivity index (χ1) is 18.5. The lowest BCUT2D eigenvalue weighted by molar-refractivity contribution is 0.0737. The number of nitrogens with zero attached hydrogens (tertiary/aromatic N) is 3. The fraction of sp³-hybridized carbons (Fsp3) is 0.250. The molecule has 0 aliphatic carbocycles. The molecule has 38 heavy (non-hydrogen) atoms. The number of nitrogens with one attached hydrogen (secondary N) is 2. The Hall–Kier alpha value is -4.57. The SMILES string of the molecule is COc1cc(/C=C/c2n[nH]c3nc(-c4ccc(O)cc4)cc(C(=O)N4CCNCC4)c23)cc(OC)c1OC. The molecule has 0 unspecified atom stereocenters. The molecule has 2 aromatic carbocycles. The van der Waals surface area contributed by atoms with Crippen molar-refractivity contribution in [3.63, 3.8) is 0 Å². The number of H-pyrrole nitrogens is 1. The van der Waals surface area contributed by atoms with Crippen LogP contribution in [0.25, 0.3) is 34.4 Å². The highest BCUT2D eigenvalue weighted by Gasteiger charge is 2.24. The fourth-order valence-electron chi connectivity index (χ4n) is 4.53. The summed E-state index contributed by atoms with van der Waals surface area (Å²) in [5.41, 5.74) is 3.79. The molecule has 1 saturated heterocycles. The standard InChI is InChI=1S/C28H29N5O5/c1-36-23-14-17(15-24(37-2)26(23)38-3)4-9-21-25-20(28(35)33-12-10-29-11-13-33)16-22(30-27(25)32-31-21)18-5-7-19(34)8-6-18/h4-9,14-16,29,34H,10-13H2,1-3H3,(H,30,31,32)/b9-4+. The van der Waals surface area contributed by atoms with Crippen LogP contribution < -0.4 is 19.5 Å². The van der Waals surface area contributed by atoms with Gasteiger partial charge in [0, 0.05) is 31.7 Å². The van der Waals surface area contributed by atoms with Crippen molar-refractivity contribution in [2.24, 2.45) is 0 Å². The van der Waals surface area contributed by atoms with Crippen LogP contribution >= 0.6 is 0 Å². The average molecular weight is 516 g/mol. The van der Waals surface area contributed by atoms with Gasteiger partial charge in [0.1, 0.15) is 5.75 Å². The van der Waals surface area contributed by atoms with Crippen molar-refractivity contribution in [1.82, 2.24) is 25.4 Å². The summed E-state index contributed by atoms with van der Waals surface area (Å²) >= 11 is 0. The highest BCUT2D eigenvalue weighted by atomic mass is 16.5. The maximum absolute atomic E-state index is 13.7. The van der Waals surface area contributed by atoms with Gasteiger partial charge in [0.25, 0.3) is 5.91 Å². The van der Waals surface area contributed by atoms with Gasteiger partial charge in [-0.25, -0.2) is 4.98 Å². The Labute approximate surface area is 219 Å². The maximum atomic E-state index is 13.7. The van der Waals surface area contributed by atoms with Crippen LogP contribution in [0.2, 0.25) is 0 Å². The van der Waals surface area contributed by atoms with Crippen LogP contribution in [0, 0.1) is 0 Å². The summed E-state index contributed by atoms with van der Waals surface area (Å²) < 4.78 is 16.3. The molecule has 1 aliphatic rings. The monoisotopic (exact) mass is 515 g/mol. The Balaban J connectivity index is 1.60. The van der Waals surface area contributed by atoms with Crippen LogP contribution in [-0.4, -0.2) is 78.6 Å². The van der Waals surface area contributed by atoms with E-state index in [1.54, 1.807) is 51.7 Å². The molecule has 10 nitrogen and oxygen atoms in total. The first-order valence-corrected chi connectivity index (χ1v) is 12.2. The van der Waals surface area contributed by atoms with Gasteiger partial charge in [-0.1, -0.05) is 6.08 Å². The van der Waals surface area contributed by atoms with Crippen molar-refractivity contribution in [2.45, 2.75) is 0 Å². The number of fused-ring (bicyclic) bond motifs is 1. The number of carbonyl (C=O) groups excluding carboxylic acids is 1. The van der Waals surface area contributed by atoms with Crippen LogP contribution in [0.3, 0.4) is 0 Å². The van der Waals surface area contributed by atoms with Gasteiger partial charge in [-0.2, -0.15) is 5.10 Å². The Morgan fingerprint density at radius 3 is 2.29 bits per heavy atom. The Bertz CT molecular complexity index is 1460. The third-order valence-electron chi connectivity index (χ3n) is 6.48. The van der Waals surface area contributed by atoms with Crippen LogP contribution in [0.15, 0.2) is 42.5 Å². The zero-order valence-electron chi connectivity index (χ0n) is 21.4. The number of amides is 1. The van der Waals surface area contributed by atoms with E-state index >= 15 is 0 Å². The number of aromatic amines is 1. The number of piperazine rings is 1. The molecular weight excluding hydrogens is 486 g/mol. The summed E-state index contributed by atoms with van der Waals surface area (Å²) in [4.78, 5) is 20.3. The second-order valence-electron chi connectivity index (χ2n) is 8.77. The summed E-state index contributed by atoms with van der Waals surface area (Å²) in [7, 11) is 4.69. The highest BCUT2D eigenvalue weighted by molar-refractivity contribution is 6.09. The summed E-state index contributed by atoms with van der Waals surface area (Å²) in [5, 5.41) is 21.1. The minimum atomic E-state index is -0.0808. The number of benzene rings is 2. The second kappa shape index (κ2) is 10.8. The van der Waals surface area contributed by atoms with Crippen molar-refractivity contribution in [2.75, 3.05) is 47.5 Å². The van der Waals surface area contributed by atoms with Gasteiger partial charge in [-0.3, -0.25) is 9.89 Å². The molecule has 0 radical (unpaired) electrons. The van der Waals surface area contributed by atoms with Gasteiger partial charge < -0.3 is 29.5 Å². The van der Waals surface area contributed by atoms with Crippen LogP contribution in [0.5, 0.6) is 23.0 Å². The van der Waals surface area contributed by atoms with E-state index in [-0.39, 0.29) is 11.7 Å². The van der Waals surface area contributed by atoms with Crippen LogP contribution in [-0.2, 0) is 0 Å². The number of ether oxygens (including phenoxy) is 3. The summed E-state index contributed by atoms with van der Waals surface area (Å²) in [6.07, 6.45) is 3.70. The Kier molecular flexibility index (Phi) is 7.14. The summed E-state index contributed by atoms with van der Waals surface area (Å²) in [6, 6.07) is 12.2.